The molecule has 0 aliphatic carbocycles. The van der Waals surface area contributed by atoms with Crippen molar-refractivity contribution in [2.45, 2.75) is 6.92 Å². The summed E-state index contributed by atoms with van der Waals surface area (Å²) in [6.45, 7) is 4.69. The van der Waals surface area contributed by atoms with Crippen LogP contribution in [-0.4, -0.2) is 36.1 Å². The SMILES string of the molecule is Cc1nc(Nc2cccc(F)c2)cc(N2CCN(c3ccccc3F)CC2)n1. The zero-order valence-electron chi connectivity index (χ0n) is 15.6. The van der Waals surface area contributed by atoms with Crippen molar-refractivity contribution in [2.75, 3.05) is 41.3 Å². The first kappa shape index (κ1) is 18.2. The predicted molar refractivity (Wildman–Crippen MR) is 107 cm³/mol. The maximum Gasteiger partial charge on any atom is 0.146 e. The van der Waals surface area contributed by atoms with E-state index in [9.17, 15) is 8.78 Å². The molecule has 3 aromatic rings. The molecule has 0 unspecified atom stereocenters. The van der Waals surface area contributed by atoms with Gasteiger partial charge < -0.3 is 15.1 Å². The molecule has 4 rings (SSSR count). The molecule has 0 amide bonds. The summed E-state index contributed by atoms with van der Waals surface area (Å²) in [6, 6.07) is 15.0. The fourth-order valence-electron chi connectivity index (χ4n) is 3.38. The number of aromatic nitrogens is 2. The summed E-state index contributed by atoms with van der Waals surface area (Å²) in [7, 11) is 0. The minimum Gasteiger partial charge on any atom is -0.366 e. The molecular formula is C21H21F2N5. The molecule has 2 heterocycles. The maximum atomic E-state index is 14.0. The summed E-state index contributed by atoms with van der Waals surface area (Å²) in [6.07, 6.45) is 0. The zero-order chi connectivity index (χ0) is 19.5. The number of piperazine rings is 1. The van der Waals surface area contributed by atoms with Gasteiger partial charge in [0.05, 0.1) is 5.69 Å². The summed E-state index contributed by atoms with van der Waals surface area (Å²) < 4.78 is 27.4. The molecule has 1 saturated heterocycles. The molecule has 0 radical (unpaired) electrons. The molecule has 1 fully saturated rings. The van der Waals surface area contributed by atoms with Crippen molar-refractivity contribution in [3.63, 3.8) is 0 Å². The van der Waals surface area contributed by atoms with Crippen molar-refractivity contribution in [3.8, 4) is 0 Å². The minimum atomic E-state index is -0.305. The van der Waals surface area contributed by atoms with E-state index in [0.29, 0.717) is 36.1 Å². The second kappa shape index (κ2) is 7.80. The number of hydrogen-bond donors (Lipinski definition) is 1. The van der Waals surface area contributed by atoms with E-state index in [2.05, 4.69) is 20.2 Å². The quantitative estimate of drug-likeness (QED) is 0.736. The Morgan fingerprint density at radius 2 is 1.61 bits per heavy atom. The van der Waals surface area contributed by atoms with E-state index in [0.717, 1.165) is 18.9 Å². The van der Waals surface area contributed by atoms with Gasteiger partial charge in [-0.2, -0.15) is 0 Å². The second-order valence-electron chi connectivity index (χ2n) is 6.72. The Kier molecular flexibility index (Phi) is 5.06. The van der Waals surface area contributed by atoms with E-state index in [-0.39, 0.29) is 11.6 Å². The average molecular weight is 381 g/mol. The molecule has 0 spiro atoms. The number of nitrogens with zero attached hydrogens (tertiary/aromatic N) is 4. The van der Waals surface area contributed by atoms with Crippen molar-refractivity contribution in [1.82, 2.24) is 9.97 Å². The molecule has 1 aliphatic rings. The fraction of sp³-hybridized carbons (Fsp3) is 0.238. The van der Waals surface area contributed by atoms with Crippen LogP contribution in [0.3, 0.4) is 0 Å². The van der Waals surface area contributed by atoms with Crippen LogP contribution in [0.1, 0.15) is 5.82 Å². The van der Waals surface area contributed by atoms with Crippen LogP contribution in [0.25, 0.3) is 0 Å². The van der Waals surface area contributed by atoms with Crippen molar-refractivity contribution in [1.29, 1.82) is 0 Å². The van der Waals surface area contributed by atoms with Crippen LogP contribution in [0, 0.1) is 18.6 Å². The molecular weight excluding hydrogens is 360 g/mol. The van der Waals surface area contributed by atoms with Crippen LogP contribution in [0.4, 0.5) is 31.8 Å². The normalized spacial score (nSPS) is 14.2. The maximum absolute atomic E-state index is 14.0. The molecule has 1 N–H and O–H groups in total. The van der Waals surface area contributed by atoms with Gasteiger partial charge in [0.15, 0.2) is 0 Å². The molecule has 0 saturated carbocycles. The monoisotopic (exact) mass is 381 g/mol. The van der Waals surface area contributed by atoms with Crippen LogP contribution in [-0.2, 0) is 0 Å². The largest absolute Gasteiger partial charge is 0.366 e. The lowest BCUT2D eigenvalue weighted by atomic mass is 10.2. The first-order chi connectivity index (χ1) is 13.6. The van der Waals surface area contributed by atoms with Crippen LogP contribution in [0.5, 0.6) is 0 Å². The molecule has 0 atom stereocenters. The Morgan fingerprint density at radius 3 is 2.36 bits per heavy atom. The van der Waals surface area contributed by atoms with Gasteiger partial charge in [0.25, 0.3) is 0 Å². The second-order valence-corrected chi connectivity index (χ2v) is 6.72. The molecule has 5 nitrogen and oxygen atoms in total. The first-order valence-electron chi connectivity index (χ1n) is 9.21. The Morgan fingerprint density at radius 1 is 0.857 bits per heavy atom. The lowest BCUT2D eigenvalue weighted by molar-refractivity contribution is 0.596. The van der Waals surface area contributed by atoms with E-state index in [1.165, 1.54) is 18.2 Å². The van der Waals surface area contributed by atoms with E-state index in [1.807, 2.05) is 24.0 Å². The van der Waals surface area contributed by atoms with Gasteiger partial charge in [0.2, 0.25) is 0 Å². The molecule has 0 bridgehead atoms. The third kappa shape index (κ3) is 4.03. The van der Waals surface area contributed by atoms with Crippen LogP contribution in [0.2, 0.25) is 0 Å². The lowest BCUT2D eigenvalue weighted by Crippen LogP contribution is -2.47. The summed E-state index contributed by atoms with van der Waals surface area (Å²) in [4.78, 5) is 13.1. The first-order valence-corrected chi connectivity index (χ1v) is 9.21. The van der Waals surface area contributed by atoms with Gasteiger partial charge in [0.1, 0.15) is 29.1 Å². The summed E-state index contributed by atoms with van der Waals surface area (Å²) >= 11 is 0. The number of anilines is 4. The van der Waals surface area contributed by atoms with Gasteiger partial charge in [-0.15, -0.1) is 0 Å². The molecule has 7 heteroatoms. The topological polar surface area (TPSA) is 44.3 Å². The van der Waals surface area contributed by atoms with E-state index < -0.39 is 0 Å². The van der Waals surface area contributed by atoms with Gasteiger partial charge in [-0.1, -0.05) is 18.2 Å². The highest BCUT2D eigenvalue weighted by Crippen LogP contribution is 2.24. The Hall–Kier alpha value is -3.22. The third-order valence-electron chi connectivity index (χ3n) is 4.72. The van der Waals surface area contributed by atoms with Crippen molar-refractivity contribution in [2.24, 2.45) is 0 Å². The smallest absolute Gasteiger partial charge is 0.146 e. The molecule has 1 aliphatic heterocycles. The van der Waals surface area contributed by atoms with Gasteiger partial charge in [0, 0.05) is 37.9 Å². The lowest BCUT2D eigenvalue weighted by Gasteiger charge is -2.37. The van der Waals surface area contributed by atoms with Crippen molar-refractivity contribution >= 4 is 23.0 Å². The van der Waals surface area contributed by atoms with Crippen LogP contribution >= 0.6 is 0 Å². The molecule has 1 aromatic heterocycles. The molecule has 28 heavy (non-hydrogen) atoms. The minimum absolute atomic E-state index is 0.199. The van der Waals surface area contributed by atoms with E-state index in [1.54, 1.807) is 24.3 Å². The number of para-hydroxylation sites is 1. The van der Waals surface area contributed by atoms with E-state index >= 15 is 0 Å². The molecule has 2 aromatic carbocycles. The number of rotatable bonds is 4. The highest BCUT2D eigenvalue weighted by molar-refractivity contribution is 5.60. The summed E-state index contributed by atoms with van der Waals surface area (Å²) in [5.74, 6) is 1.55. The van der Waals surface area contributed by atoms with Gasteiger partial charge in [-0.25, -0.2) is 18.7 Å². The number of hydrogen-bond acceptors (Lipinski definition) is 5. The van der Waals surface area contributed by atoms with Crippen molar-refractivity contribution in [3.05, 3.63) is 72.1 Å². The Labute approximate surface area is 162 Å². The molecule has 144 valence electrons. The predicted octanol–water partition coefficient (Wildman–Crippen LogP) is 4.13. The average Bonchev–Trinajstić information content (AvgIpc) is 2.68. The van der Waals surface area contributed by atoms with Gasteiger partial charge in [-0.3, -0.25) is 0 Å². The third-order valence-corrected chi connectivity index (χ3v) is 4.72. The van der Waals surface area contributed by atoms with E-state index in [4.69, 9.17) is 0 Å². The van der Waals surface area contributed by atoms with Gasteiger partial charge in [-0.05, 0) is 37.3 Å². The number of halogens is 2. The zero-order valence-corrected chi connectivity index (χ0v) is 15.6. The number of benzene rings is 2. The highest BCUT2D eigenvalue weighted by Gasteiger charge is 2.21. The van der Waals surface area contributed by atoms with Gasteiger partial charge >= 0.3 is 0 Å². The highest BCUT2D eigenvalue weighted by atomic mass is 19.1. The number of aryl methyl sites for hydroxylation is 1. The summed E-state index contributed by atoms with van der Waals surface area (Å²) in [5, 5.41) is 3.13. The fourth-order valence-corrected chi connectivity index (χ4v) is 3.38. The number of nitrogens with one attached hydrogen (secondary N) is 1. The van der Waals surface area contributed by atoms with Crippen LogP contribution in [0.15, 0.2) is 54.6 Å². The van der Waals surface area contributed by atoms with Crippen LogP contribution < -0.4 is 15.1 Å². The Bertz CT molecular complexity index is 971. The standard InChI is InChI=1S/C21H21F2N5/c1-15-24-20(26-17-6-4-5-16(22)13-17)14-21(25-15)28-11-9-27(10-12-28)19-8-3-2-7-18(19)23/h2-8,13-14H,9-12H2,1H3,(H,24,25,26). The Balaban J connectivity index is 1.48. The van der Waals surface area contributed by atoms with Crippen molar-refractivity contribution < 1.29 is 8.78 Å². The summed E-state index contributed by atoms with van der Waals surface area (Å²) in [5.41, 5.74) is 1.27.